The largest absolute Gasteiger partial charge is 0.384 e. The quantitative estimate of drug-likeness (QED) is 0.717. The normalized spacial score (nSPS) is 24.1. The number of nitrogens with one attached hydrogen (secondary N) is 2. The fourth-order valence-corrected chi connectivity index (χ4v) is 3.47. The fourth-order valence-electron chi connectivity index (χ4n) is 3.47. The van der Waals surface area contributed by atoms with Gasteiger partial charge in [-0.2, -0.15) is 0 Å². The van der Waals surface area contributed by atoms with E-state index in [4.69, 9.17) is 10.5 Å². The number of carbonyl (C=O) groups is 1. The van der Waals surface area contributed by atoms with E-state index in [1.54, 1.807) is 12.3 Å². The predicted octanol–water partition coefficient (Wildman–Crippen LogP) is 1.23. The van der Waals surface area contributed by atoms with Crippen LogP contribution in [0.1, 0.15) is 32.1 Å². The summed E-state index contributed by atoms with van der Waals surface area (Å²) in [5.41, 5.74) is 6.60. The molecule has 25 heavy (non-hydrogen) atoms. The van der Waals surface area contributed by atoms with E-state index < -0.39 is 0 Å². The van der Waals surface area contributed by atoms with Crippen molar-refractivity contribution in [3.05, 3.63) is 18.3 Å². The Morgan fingerprint density at radius 3 is 2.96 bits per heavy atom. The number of hydrogen-bond donors (Lipinski definition) is 3. The second-order valence-corrected chi connectivity index (χ2v) is 6.89. The monoisotopic (exact) mass is 347 g/mol. The van der Waals surface area contributed by atoms with E-state index in [1.807, 2.05) is 11.0 Å². The van der Waals surface area contributed by atoms with Crippen molar-refractivity contribution >= 4 is 17.4 Å². The van der Waals surface area contributed by atoms with E-state index in [9.17, 15) is 4.79 Å². The Hall–Kier alpha value is -1.86. The highest BCUT2D eigenvalue weighted by Gasteiger charge is 2.21. The number of ether oxygens (including phenoxy) is 1. The third-order valence-corrected chi connectivity index (χ3v) is 4.91. The number of aromatic nitrogens is 1. The second kappa shape index (κ2) is 9.01. The average Bonchev–Trinajstić information content (AvgIpc) is 3.02. The van der Waals surface area contributed by atoms with E-state index >= 15 is 0 Å². The molecule has 0 spiro atoms. The van der Waals surface area contributed by atoms with Gasteiger partial charge >= 0.3 is 0 Å². The third kappa shape index (κ3) is 5.57. The van der Waals surface area contributed by atoms with Gasteiger partial charge in [-0.3, -0.25) is 4.79 Å². The van der Waals surface area contributed by atoms with Gasteiger partial charge in [0.05, 0.1) is 24.5 Å². The van der Waals surface area contributed by atoms with Crippen LogP contribution in [-0.4, -0.2) is 60.7 Å². The summed E-state index contributed by atoms with van der Waals surface area (Å²) in [4.78, 5) is 18.5. The summed E-state index contributed by atoms with van der Waals surface area (Å²) in [7, 11) is 0. The zero-order chi connectivity index (χ0) is 17.5. The molecule has 0 saturated carbocycles. The highest BCUT2D eigenvalue weighted by molar-refractivity contribution is 5.78. The van der Waals surface area contributed by atoms with Crippen LogP contribution in [-0.2, 0) is 9.53 Å². The number of nitrogen functional groups attached to an aromatic ring is 1. The minimum absolute atomic E-state index is 0.188. The summed E-state index contributed by atoms with van der Waals surface area (Å²) in [6.45, 7) is 3.65. The number of anilines is 2. The number of carbonyl (C=O) groups excluding carboxylic acids is 1. The van der Waals surface area contributed by atoms with Crippen LogP contribution in [0, 0.1) is 0 Å². The van der Waals surface area contributed by atoms with E-state index in [1.165, 1.54) is 0 Å². The van der Waals surface area contributed by atoms with Crippen LogP contribution in [0.5, 0.6) is 0 Å². The van der Waals surface area contributed by atoms with Crippen LogP contribution in [0.25, 0.3) is 0 Å². The molecule has 1 amide bonds. The van der Waals surface area contributed by atoms with Crippen molar-refractivity contribution in [3.63, 3.8) is 0 Å². The molecular formula is C18H29N5O2. The molecule has 3 rings (SSSR count). The van der Waals surface area contributed by atoms with Gasteiger partial charge in [0.15, 0.2) is 0 Å². The zero-order valence-electron chi connectivity index (χ0n) is 14.7. The lowest BCUT2D eigenvalue weighted by Gasteiger charge is -2.22. The van der Waals surface area contributed by atoms with Crippen molar-refractivity contribution in [1.82, 2.24) is 15.2 Å². The van der Waals surface area contributed by atoms with Crippen LogP contribution < -0.4 is 16.4 Å². The van der Waals surface area contributed by atoms with Crippen molar-refractivity contribution in [2.24, 2.45) is 0 Å². The molecule has 0 bridgehead atoms. The number of nitrogens with zero attached hydrogens (tertiary/aromatic N) is 2. The summed E-state index contributed by atoms with van der Waals surface area (Å²) < 4.78 is 5.57. The number of rotatable bonds is 6. The summed E-state index contributed by atoms with van der Waals surface area (Å²) in [6, 6.07) is 4.11. The lowest BCUT2D eigenvalue weighted by atomic mass is 10.1. The van der Waals surface area contributed by atoms with Gasteiger partial charge in [0.2, 0.25) is 5.91 Å². The van der Waals surface area contributed by atoms with Crippen molar-refractivity contribution in [1.29, 1.82) is 0 Å². The molecule has 2 aliphatic heterocycles. The summed E-state index contributed by atoms with van der Waals surface area (Å²) in [5, 5.41) is 6.75. The van der Waals surface area contributed by atoms with Gasteiger partial charge in [-0.05, 0) is 44.2 Å². The van der Waals surface area contributed by atoms with E-state index in [0.29, 0.717) is 18.4 Å². The first-order chi connectivity index (χ1) is 12.2. The highest BCUT2D eigenvalue weighted by atomic mass is 16.5. The summed E-state index contributed by atoms with van der Waals surface area (Å²) >= 11 is 0. The number of nitrogens with two attached hydrogens (primary N) is 1. The maximum absolute atomic E-state index is 12.4. The maximum Gasteiger partial charge on any atom is 0.236 e. The molecule has 138 valence electrons. The van der Waals surface area contributed by atoms with E-state index in [2.05, 4.69) is 15.6 Å². The first-order valence-electron chi connectivity index (χ1n) is 9.29. The molecule has 1 aromatic heterocycles. The highest BCUT2D eigenvalue weighted by Crippen LogP contribution is 2.17. The molecule has 7 nitrogen and oxygen atoms in total. The Labute approximate surface area is 149 Å². The lowest BCUT2D eigenvalue weighted by molar-refractivity contribution is -0.130. The van der Waals surface area contributed by atoms with Crippen LogP contribution >= 0.6 is 0 Å². The van der Waals surface area contributed by atoms with Gasteiger partial charge in [-0.1, -0.05) is 0 Å². The smallest absolute Gasteiger partial charge is 0.236 e. The van der Waals surface area contributed by atoms with Crippen LogP contribution in [0.4, 0.5) is 11.5 Å². The molecule has 0 aromatic carbocycles. The van der Waals surface area contributed by atoms with Crippen LogP contribution in [0.3, 0.4) is 0 Å². The summed E-state index contributed by atoms with van der Waals surface area (Å²) in [5.74, 6) is 0.714. The molecule has 1 aromatic rings. The van der Waals surface area contributed by atoms with Crippen molar-refractivity contribution in [3.8, 4) is 0 Å². The SMILES string of the molecule is Nc1ccc(N[C@H]2CCCN(C(=O)CNC[C@@H]3CCCO3)CC2)cn1. The lowest BCUT2D eigenvalue weighted by Crippen LogP contribution is -2.41. The van der Waals surface area contributed by atoms with Gasteiger partial charge in [0.1, 0.15) is 5.82 Å². The predicted molar refractivity (Wildman–Crippen MR) is 98.3 cm³/mol. The molecule has 0 aliphatic carbocycles. The van der Waals surface area contributed by atoms with Crippen molar-refractivity contribution in [2.45, 2.75) is 44.2 Å². The van der Waals surface area contributed by atoms with E-state index in [-0.39, 0.29) is 12.0 Å². The topological polar surface area (TPSA) is 92.5 Å². The Balaban J connectivity index is 1.39. The van der Waals surface area contributed by atoms with Crippen LogP contribution in [0.2, 0.25) is 0 Å². The zero-order valence-corrected chi connectivity index (χ0v) is 14.7. The van der Waals surface area contributed by atoms with Gasteiger partial charge in [-0.25, -0.2) is 4.98 Å². The number of likely N-dealkylation sites (tertiary alicyclic amines) is 1. The third-order valence-electron chi connectivity index (χ3n) is 4.91. The van der Waals surface area contributed by atoms with Gasteiger partial charge in [-0.15, -0.1) is 0 Å². The number of hydrogen-bond acceptors (Lipinski definition) is 6. The Kier molecular flexibility index (Phi) is 6.47. The van der Waals surface area contributed by atoms with Crippen molar-refractivity contribution < 1.29 is 9.53 Å². The van der Waals surface area contributed by atoms with Gasteiger partial charge in [0.25, 0.3) is 0 Å². The molecule has 3 heterocycles. The second-order valence-electron chi connectivity index (χ2n) is 6.89. The molecule has 2 fully saturated rings. The number of amides is 1. The summed E-state index contributed by atoms with van der Waals surface area (Å²) in [6.07, 6.45) is 7.27. The average molecular weight is 347 g/mol. The Morgan fingerprint density at radius 2 is 2.20 bits per heavy atom. The molecule has 2 atom stereocenters. The standard InChI is InChI=1S/C18H29N5O2/c19-17-6-5-15(11-21-17)22-14-3-1-8-23(9-7-14)18(24)13-20-12-16-4-2-10-25-16/h5-6,11,14,16,20,22H,1-4,7-10,12-13H2,(H2,19,21)/t14-,16-/m0/s1. The molecular weight excluding hydrogens is 318 g/mol. The van der Waals surface area contributed by atoms with Gasteiger partial charge in [0, 0.05) is 32.3 Å². The minimum Gasteiger partial charge on any atom is -0.384 e. The Morgan fingerprint density at radius 1 is 1.28 bits per heavy atom. The fraction of sp³-hybridized carbons (Fsp3) is 0.667. The number of pyridine rings is 1. The van der Waals surface area contributed by atoms with Gasteiger partial charge < -0.3 is 26.0 Å². The first-order valence-corrected chi connectivity index (χ1v) is 9.29. The Bertz CT molecular complexity index is 545. The minimum atomic E-state index is 0.188. The molecule has 4 N–H and O–H groups in total. The van der Waals surface area contributed by atoms with E-state index in [0.717, 1.165) is 64.0 Å². The molecule has 2 saturated heterocycles. The molecule has 7 heteroatoms. The molecule has 0 radical (unpaired) electrons. The molecule has 2 aliphatic rings. The maximum atomic E-state index is 12.4. The van der Waals surface area contributed by atoms with Crippen LogP contribution in [0.15, 0.2) is 18.3 Å². The first kappa shape index (κ1) is 17.9. The molecule has 0 unspecified atom stereocenters. The van der Waals surface area contributed by atoms with Crippen molar-refractivity contribution in [2.75, 3.05) is 43.8 Å².